The Labute approximate surface area is 204 Å². The number of rotatable bonds is 9. The molecule has 0 radical (unpaired) electrons. The van der Waals surface area contributed by atoms with E-state index in [1.165, 1.54) is 11.4 Å². The number of amides is 1. The number of benzene rings is 3. The summed E-state index contributed by atoms with van der Waals surface area (Å²) in [6.45, 7) is 2.50. The van der Waals surface area contributed by atoms with Crippen molar-refractivity contribution in [2.45, 2.75) is 24.9 Å². The molecule has 3 aromatic rings. The molecule has 0 aromatic heterocycles. The minimum absolute atomic E-state index is 0.0384. The van der Waals surface area contributed by atoms with Gasteiger partial charge in [-0.15, -0.1) is 0 Å². The molecule has 0 aliphatic carbocycles. The highest BCUT2D eigenvalue weighted by Gasteiger charge is 2.22. The lowest BCUT2D eigenvalue weighted by Crippen LogP contribution is -2.27. The van der Waals surface area contributed by atoms with Crippen molar-refractivity contribution >= 4 is 39.1 Å². The van der Waals surface area contributed by atoms with E-state index in [1.807, 2.05) is 6.92 Å². The van der Waals surface area contributed by atoms with E-state index in [2.05, 4.69) is 5.32 Å². The number of nitrogens with one attached hydrogen (secondary N) is 1. The van der Waals surface area contributed by atoms with Crippen LogP contribution < -0.4 is 10.1 Å². The van der Waals surface area contributed by atoms with Crippen LogP contribution in [0.15, 0.2) is 71.6 Å². The van der Waals surface area contributed by atoms with Gasteiger partial charge in [0.1, 0.15) is 5.75 Å². The van der Waals surface area contributed by atoms with Crippen LogP contribution in [-0.4, -0.2) is 32.3 Å². The van der Waals surface area contributed by atoms with Crippen molar-refractivity contribution in [3.63, 3.8) is 0 Å². The van der Waals surface area contributed by atoms with Gasteiger partial charge in [-0.3, -0.25) is 4.79 Å². The van der Waals surface area contributed by atoms with E-state index in [-0.39, 0.29) is 23.9 Å². The van der Waals surface area contributed by atoms with E-state index in [0.717, 1.165) is 5.56 Å². The monoisotopic (exact) mass is 506 g/mol. The first kappa shape index (κ1) is 25.1. The van der Waals surface area contributed by atoms with Crippen LogP contribution in [0.2, 0.25) is 10.0 Å². The van der Waals surface area contributed by atoms with E-state index < -0.39 is 10.0 Å². The number of hydrogen-bond acceptors (Lipinski definition) is 4. The summed E-state index contributed by atoms with van der Waals surface area (Å²) in [6, 6.07) is 18.2. The first-order chi connectivity index (χ1) is 15.7. The van der Waals surface area contributed by atoms with Crippen molar-refractivity contribution in [3.05, 3.63) is 93.5 Å². The van der Waals surface area contributed by atoms with Gasteiger partial charge < -0.3 is 10.1 Å². The van der Waals surface area contributed by atoms with Gasteiger partial charge in [0.15, 0.2) is 0 Å². The molecule has 0 fully saturated rings. The molecule has 0 atom stereocenters. The van der Waals surface area contributed by atoms with Crippen LogP contribution >= 0.6 is 23.2 Å². The van der Waals surface area contributed by atoms with E-state index in [4.69, 9.17) is 27.9 Å². The van der Waals surface area contributed by atoms with Crippen molar-refractivity contribution in [1.82, 2.24) is 9.62 Å². The molecule has 6 nitrogen and oxygen atoms in total. The standard InChI is InChI=1S/C24H24Cl2N2O4S/c1-3-32-23-12-10-17(24(29)27-15-18-9-11-20(25)14-22(18)26)13-19(23)16-28(2)33(30,31)21-7-5-4-6-8-21/h4-14H,3,15-16H2,1-2H3,(H,27,29). The van der Waals surface area contributed by atoms with Gasteiger partial charge in [-0.1, -0.05) is 47.5 Å². The summed E-state index contributed by atoms with van der Waals surface area (Å²) < 4.78 is 32.7. The van der Waals surface area contributed by atoms with E-state index in [1.54, 1.807) is 66.7 Å². The molecule has 1 amide bonds. The summed E-state index contributed by atoms with van der Waals surface area (Å²) in [4.78, 5) is 13.0. The SMILES string of the molecule is CCOc1ccc(C(=O)NCc2ccc(Cl)cc2Cl)cc1CN(C)S(=O)(=O)c1ccccc1. The molecule has 1 N–H and O–H groups in total. The third-order valence-electron chi connectivity index (χ3n) is 4.92. The van der Waals surface area contributed by atoms with E-state index in [9.17, 15) is 13.2 Å². The first-order valence-corrected chi connectivity index (χ1v) is 12.4. The predicted molar refractivity (Wildman–Crippen MR) is 130 cm³/mol. The maximum absolute atomic E-state index is 12.9. The number of carbonyl (C=O) groups is 1. The highest BCUT2D eigenvalue weighted by atomic mass is 35.5. The first-order valence-electron chi connectivity index (χ1n) is 10.2. The largest absolute Gasteiger partial charge is 0.494 e. The second-order valence-electron chi connectivity index (χ2n) is 7.25. The average Bonchev–Trinajstić information content (AvgIpc) is 2.80. The Morgan fingerprint density at radius 2 is 1.73 bits per heavy atom. The van der Waals surface area contributed by atoms with Gasteiger partial charge in [-0.25, -0.2) is 8.42 Å². The molecule has 0 spiro atoms. The maximum Gasteiger partial charge on any atom is 0.251 e. The Hall–Kier alpha value is -2.58. The van der Waals surface area contributed by atoms with Crippen LogP contribution in [0.1, 0.15) is 28.4 Å². The molecular formula is C24H24Cl2N2O4S. The molecule has 0 saturated heterocycles. The maximum atomic E-state index is 12.9. The quantitative estimate of drug-likeness (QED) is 0.435. The van der Waals surface area contributed by atoms with Crippen LogP contribution in [-0.2, 0) is 23.1 Å². The van der Waals surface area contributed by atoms with Crippen LogP contribution in [0.3, 0.4) is 0 Å². The number of hydrogen-bond donors (Lipinski definition) is 1. The number of ether oxygens (including phenoxy) is 1. The normalized spacial score (nSPS) is 11.4. The topological polar surface area (TPSA) is 75.7 Å². The van der Waals surface area contributed by atoms with Crippen LogP contribution in [0.5, 0.6) is 5.75 Å². The number of halogens is 2. The van der Waals surface area contributed by atoms with E-state index >= 15 is 0 Å². The summed E-state index contributed by atoms with van der Waals surface area (Å²) in [5.74, 6) is 0.198. The Morgan fingerprint density at radius 1 is 1.00 bits per heavy atom. The van der Waals surface area contributed by atoms with Crippen molar-refractivity contribution < 1.29 is 17.9 Å². The van der Waals surface area contributed by atoms with Gasteiger partial charge in [-0.05, 0) is 55.0 Å². The Morgan fingerprint density at radius 3 is 2.39 bits per heavy atom. The molecular weight excluding hydrogens is 483 g/mol. The second kappa shape index (κ2) is 11.0. The van der Waals surface area contributed by atoms with Gasteiger partial charge in [0.25, 0.3) is 5.91 Å². The highest BCUT2D eigenvalue weighted by molar-refractivity contribution is 7.89. The molecule has 0 saturated carbocycles. The summed E-state index contributed by atoms with van der Waals surface area (Å²) in [5, 5.41) is 3.80. The lowest BCUT2D eigenvalue weighted by atomic mass is 10.1. The summed E-state index contributed by atoms with van der Waals surface area (Å²) in [5.41, 5.74) is 1.69. The summed E-state index contributed by atoms with van der Waals surface area (Å²) in [6.07, 6.45) is 0. The Kier molecular flexibility index (Phi) is 8.37. The number of carbonyl (C=O) groups excluding carboxylic acids is 1. The third kappa shape index (κ3) is 6.26. The lowest BCUT2D eigenvalue weighted by molar-refractivity contribution is 0.0950. The fourth-order valence-corrected chi connectivity index (χ4v) is 4.83. The third-order valence-corrected chi connectivity index (χ3v) is 7.33. The Bertz CT molecular complexity index is 1230. The fraction of sp³-hybridized carbons (Fsp3) is 0.208. The molecule has 0 heterocycles. The van der Waals surface area contributed by atoms with Gasteiger partial charge >= 0.3 is 0 Å². The van der Waals surface area contributed by atoms with Gasteiger partial charge in [0, 0.05) is 41.3 Å². The zero-order chi connectivity index (χ0) is 24.0. The molecule has 174 valence electrons. The van der Waals surface area contributed by atoms with Crippen molar-refractivity contribution in [2.75, 3.05) is 13.7 Å². The fourth-order valence-electron chi connectivity index (χ4n) is 3.18. The van der Waals surface area contributed by atoms with Crippen molar-refractivity contribution in [1.29, 1.82) is 0 Å². The highest BCUT2D eigenvalue weighted by Crippen LogP contribution is 2.25. The molecule has 0 aliphatic heterocycles. The number of sulfonamides is 1. The number of nitrogens with zero attached hydrogens (tertiary/aromatic N) is 1. The molecule has 3 aromatic carbocycles. The Balaban J connectivity index is 1.80. The van der Waals surface area contributed by atoms with E-state index in [0.29, 0.717) is 33.5 Å². The lowest BCUT2D eigenvalue weighted by Gasteiger charge is -2.20. The predicted octanol–water partition coefficient (Wildman–Crippen LogP) is 5.14. The summed E-state index contributed by atoms with van der Waals surface area (Å²) >= 11 is 12.1. The van der Waals surface area contributed by atoms with Gasteiger partial charge in [-0.2, -0.15) is 4.31 Å². The van der Waals surface area contributed by atoms with Crippen LogP contribution in [0.4, 0.5) is 0 Å². The second-order valence-corrected chi connectivity index (χ2v) is 10.1. The van der Waals surface area contributed by atoms with Crippen molar-refractivity contribution in [2.24, 2.45) is 0 Å². The smallest absolute Gasteiger partial charge is 0.251 e. The molecule has 9 heteroatoms. The zero-order valence-electron chi connectivity index (χ0n) is 18.2. The average molecular weight is 507 g/mol. The molecule has 0 aliphatic rings. The van der Waals surface area contributed by atoms with Gasteiger partial charge in [0.05, 0.1) is 11.5 Å². The minimum atomic E-state index is -3.70. The van der Waals surface area contributed by atoms with Gasteiger partial charge in [0.2, 0.25) is 10.0 Å². The van der Waals surface area contributed by atoms with Crippen molar-refractivity contribution in [3.8, 4) is 5.75 Å². The molecule has 0 unspecified atom stereocenters. The van der Waals surface area contributed by atoms with Crippen LogP contribution in [0.25, 0.3) is 0 Å². The molecule has 0 bridgehead atoms. The van der Waals surface area contributed by atoms with Crippen LogP contribution in [0, 0.1) is 0 Å². The zero-order valence-corrected chi connectivity index (χ0v) is 20.5. The summed E-state index contributed by atoms with van der Waals surface area (Å²) in [7, 11) is -2.21. The molecule has 33 heavy (non-hydrogen) atoms. The molecule has 3 rings (SSSR count). The minimum Gasteiger partial charge on any atom is -0.494 e.